The first kappa shape index (κ1) is 14.1. The van der Waals surface area contributed by atoms with E-state index >= 15 is 0 Å². The largest absolute Gasteiger partial charge is 0.494 e. The minimum atomic E-state index is -0.277. The second kappa shape index (κ2) is 6.27. The van der Waals surface area contributed by atoms with Crippen LogP contribution in [0, 0.1) is 5.82 Å². The predicted molar refractivity (Wildman–Crippen MR) is 82.2 cm³/mol. The molecule has 1 heterocycles. The third-order valence-electron chi connectivity index (χ3n) is 4.25. The van der Waals surface area contributed by atoms with Crippen molar-refractivity contribution in [1.82, 2.24) is 5.32 Å². The summed E-state index contributed by atoms with van der Waals surface area (Å²) < 4.78 is 18.9. The Morgan fingerprint density at radius 2 is 2.00 bits per heavy atom. The molecule has 2 aromatic carbocycles. The average Bonchev–Trinajstić information content (AvgIpc) is 2.96. The Kier molecular flexibility index (Phi) is 4.20. The second-order valence-corrected chi connectivity index (χ2v) is 5.54. The van der Waals surface area contributed by atoms with E-state index in [2.05, 4.69) is 29.6 Å². The maximum atomic E-state index is 13.9. The maximum absolute atomic E-state index is 13.9. The topological polar surface area (TPSA) is 21.3 Å². The fraction of sp³-hybridized carbons (Fsp3) is 0.333. The van der Waals surface area contributed by atoms with E-state index in [1.807, 2.05) is 12.1 Å². The second-order valence-electron chi connectivity index (χ2n) is 5.54. The van der Waals surface area contributed by atoms with E-state index < -0.39 is 0 Å². The van der Waals surface area contributed by atoms with Gasteiger partial charge in [-0.15, -0.1) is 0 Å². The minimum absolute atomic E-state index is 0.277. The molecule has 1 aliphatic rings. The van der Waals surface area contributed by atoms with E-state index in [1.165, 1.54) is 12.7 Å². The molecule has 0 aromatic heterocycles. The highest BCUT2D eigenvalue weighted by Crippen LogP contribution is 2.32. The zero-order valence-corrected chi connectivity index (χ0v) is 12.2. The van der Waals surface area contributed by atoms with Gasteiger partial charge in [0.15, 0.2) is 11.6 Å². The number of hydrogen-bond donors (Lipinski definition) is 1. The Morgan fingerprint density at radius 1 is 1.19 bits per heavy atom. The quantitative estimate of drug-likeness (QED) is 0.928. The third kappa shape index (κ3) is 3.08. The van der Waals surface area contributed by atoms with Crippen LogP contribution in [0.2, 0.25) is 0 Å². The van der Waals surface area contributed by atoms with Crippen LogP contribution in [0.15, 0.2) is 48.5 Å². The number of ether oxygens (including phenoxy) is 1. The molecule has 1 fully saturated rings. The summed E-state index contributed by atoms with van der Waals surface area (Å²) in [6, 6.07) is 16.1. The van der Waals surface area contributed by atoms with Crippen molar-refractivity contribution in [3.8, 4) is 5.75 Å². The van der Waals surface area contributed by atoms with Crippen molar-refractivity contribution < 1.29 is 9.13 Å². The Morgan fingerprint density at radius 3 is 2.71 bits per heavy atom. The minimum Gasteiger partial charge on any atom is -0.494 e. The molecule has 2 nitrogen and oxygen atoms in total. The number of nitrogens with one attached hydrogen (secondary N) is 1. The van der Waals surface area contributed by atoms with E-state index in [-0.39, 0.29) is 5.82 Å². The number of benzene rings is 2. The van der Waals surface area contributed by atoms with Gasteiger partial charge in [-0.25, -0.2) is 4.39 Å². The van der Waals surface area contributed by atoms with Gasteiger partial charge >= 0.3 is 0 Å². The van der Waals surface area contributed by atoms with Gasteiger partial charge in [0.1, 0.15) is 0 Å². The molecule has 1 aliphatic heterocycles. The smallest absolute Gasteiger partial charge is 0.165 e. The number of hydrogen-bond acceptors (Lipinski definition) is 2. The summed E-state index contributed by atoms with van der Waals surface area (Å²) in [5.41, 5.74) is 2.37. The van der Waals surface area contributed by atoms with Gasteiger partial charge < -0.3 is 10.1 Å². The van der Waals surface area contributed by atoms with Crippen LogP contribution < -0.4 is 10.1 Å². The van der Waals surface area contributed by atoms with E-state index in [0.717, 1.165) is 24.9 Å². The van der Waals surface area contributed by atoms with Gasteiger partial charge in [0.05, 0.1) is 7.11 Å². The summed E-state index contributed by atoms with van der Waals surface area (Å²) in [5, 5.41) is 3.55. The molecule has 0 radical (unpaired) electrons. The highest BCUT2D eigenvalue weighted by Gasteiger charge is 2.28. The van der Waals surface area contributed by atoms with Crippen LogP contribution in [0.1, 0.15) is 23.5 Å². The molecule has 3 rings (SSSR count). The highest BCUT2D eigenvalue weighted by molar-refractivity contribution is 5.33. The molecule has 3 heteroatoms. The Hall–Kier alpha value is -1.87. The lowest BCUT2D eigenvalue weighted by molar-refractivity contribution is 0.385. The van der Waals surface area contributed by atoms with Gasteiger partial charge in [-0.05, 0) is 42.6 Å². The molecule has 110 valence electrons. The summed E-state index contributed by atoms with van der Waals surface area (Å²) in [7, 11) is 1.49. The van der Waals surface area contributed by atoms with Gasteiger partial charge in [-0.2, -0.15) is 0 Å². The van der Waals surface area contributed by atoms with Gasteiger partial charge in [0.2, 0.25) is 0 Å². The molecule has 1 saturated heterocycles. The van der Waals surface area contributed by atoms with Crippen molar-refractivity contribution >= 4 is 0 Å². The average molecular weight is 285 g/mol. The fourth-order valence-electron chi connectivity index (χ4n) is 3.16. The Bertz CT molecular complexity index is 599. The lowest BCUT2D eigenvalue weighted by atomic mass is 9.88. The van der Waals surface area contributed by atoms with Gasteiger partial charge in [0, 0.05) is 12.0 Å². The van der Waals surface area contributed by atoms with Gasteiger partial charge in [0.25, 0.3) is 0 Å². The zero-order valence-electron chi connectivity index (χ0n) is 12.2. The van der Waals surface area contributed by atoms with Crippen LogP contribution in [0.4, 0.5) is 4.39 Å². The van der Waals surface area contributed by atoms with Crippen LogP contribution >= 0.6 is 0 Å². The lowest BCUT2D eigenvalue weighted by Gasteiger charge is -2.20. The molecular formula is C18H20FNO. The molecule has 0 amide bonds. The lowest BCUT2D eigenvalue weighted by Crippen LogP contribution is -2.28. The first-order valence-corrected chi connectivity index (χ1v) is 7.38. The number of methoxy groups -OCH3 is 1. The molecule has 1 N–H and O–H groups in total. The van der Waals surface area contributed by atoms with E-state index in [9.17, 15) is 4.39 Å². The molecule has 0 aliphatic carbocycles. The van der Waals surface area contributed by atoms with Crippen LogP contribution in [-0.2, 0) is 6.42 Å². The fourth-order valence-corrected chi connectivity index (χ4v) is 3.16. The zero-order chi connectivity index (χ0) is 14.7. The molecule has 0 bridgehead atoms. The third-order valence-corrected chi connectivity index (χ3v) is 4.25. The van der Waals surface area contributed by atoms with Crippen molar-refractivity contribution in [1.29, 1.82) is 0 Å². The Labute approximate surface area is 125 Å². The molecular weight excluding hydrogens is 265 g/mol. The summed E-state index contributed by atoms with van der Waals surface area (Å²) in [6.07, 6.45) is 2.02. The highest BCUT2D eigenvalue weighted by atomic mass is 19.1. The first-order valence-electron chi connectivity index (χ1n) is 7.38. The number of halogens is 1. The molecule has 2 atom stereocenters. The van der Waals surface area contributed by atoms with Crippen molar-refractivity contribution in [3.63, 3.8) is 0 Å². The molecule has 2 unspecified atom stereocenters. The summed E-state index contributed by atoms with van der Waals surface area (Å²) in [6.45, 7) is 0.982. The Balaban J connectivity index is 1.79. The number of rotatable bonds is 4. The first-order chi connectivity index (χ1) is 10.3. The van der Waals surface area contributed by atoms with Crippen LogP contribution in [0.25, 0.3) is 0 Å². The normalized spacial score (nSPS) is 21.4. The van der Waals surface area contributed by atoms with Crippen LogP contribution in [-0.4, -0.2) is 19.7 Å². The van der Waals surface area contributed by atoms with Crippen molar-refractivity contribution in [2.75, 3.05) is 13.7 Å². The van der Waals surface area contributed by atoms with Crippen LogP contribution in [0.3, 0.4) is 0 Å². The van der Waals surface area contributed by atoms with Crippen molar-refractivity contribution in [2.24, 2.45) is 0 Å². The van der Waals surface area contributed by atoms with Gasteiger partial charge in [-0.3, -0.25) is 0 Å². The van der Waals surface area contributed by atoms with E-state index in [4.69, 9.17) is 4.74 Å². The SMILES string of the molecule is COc1ccc(C2CCNC2Cc2ccccc2)cc1F. The van der Waals surface area contributed by atoms with Crippen molar-refractivity contribution in [2.45, 2.75) is 24.8 Å². The van der Waals surface area contributed by atoms with Crippen molar-refractivity contribution in [3.05, 3.63) is 65.5 Å². The summed E-state index contributed by atoms with van der Waals surface area (Å²) in [5.74, 6) is 0.385. The molecule has 0 spiro atoms. The maximum Gasteiger partial charge on any atom is 0.165 e. The summed E-state index contributed by atoms with van der Waals surface area (Å²) in [4.78, 5) is 0. The molecule has 0 saturated carbocycles. The predicted octanol–water partition coefficient (Wildman–Crippen LogP) is 3.52. The van der Waals surface area contributed by atoms with Crippen LogP contribution in [0.5, 0.6) is 5.75 Å². The van der Waals surface area contributed by atoms with E-state index in [0.29, 0.717) is 17.7 Å². The van der Waals surface area contributed by atoms with Gasteiger partial charge in [-0.1, -0.05) is 36.4 Å². The standard InChI is InChI=1S/C18H20FNO/c1-21-18-8-7-14(12-16(18)19)15-9-10-20-17(15)11-13-5-3-2-4-6-13/h2-8,12,15,17,20H,9-11H2,1H3. The monoisotopic (exact) mass is 285 g/mol. The van der Waals surface area contributed by atoms with E-state index in [1.54, 1.807) is 12.1 Å². The molecule has 21 heavy (non-hydrogen) atoms. The molecule has 2 aromatic rings. The summed E-state index contributed by atoms with van der Waals surface area (Å²) >= 11 is 0.